The summed E-state index contributed by atoms with van der Waals surface area (Å²) in [6.07, 6.45) is 4.95. The van der Waals surface area contributed by atoms with E-state index in [2.05, 4.69) is 27.0 Å². The molecule has 0 aromatic carbocycles. The Bertz CT molecular complexity index is 505. The SMILES string of the molecule is COC(=O)CCc1csc(N2CCC3CCC(C2)N3C)n1. The summed E-state index contributed by atoms with van der Waals surface area (Å²) in [5.41, 5.74) is 1.00. The van der Waals surface area contributed by atoms with Crippen molar-refractivity contribution in [1.29, 1.82) is 0 Å². The molecule has 3 heterocycles. The molecule has 1 aromatic rings. The average Bonchev–Trinajstić information content (AvgIpc) is 3.02. The summed E-state index contributed by atoms with van der Waals surface area (Å²) in [4.78, 5) is 20.9. The molecular formula is C15H23N3O2S. The number of fused-ring (bicyclic) bond motifs is 2. The van der Waals surface area contributed by atoms with E-state index in [0.29, 0.717) is 18.9 Å². The Balaban J connectivity index is 1.62. The highest BCUT2D eigenvalue weighted by Gasteiger charge is 2.35. The van der Waals surface area contributed by atoms with Crippen molar-refractivity contribution < 1.29 is 9.53 Å². The van der Waals surface area contributed by atoms with Crippen molar-refractivity contribution in [3.8, 4) is 0 Å². The average molecular weight is 309 g/mol. The van der Waals surface area contributed by atoms with Crippen LogP contribution in [0.4, 0.5) is 5.13 Å². The monoisotopic (exact) mass is 309 g/mol. The number of esters is 1. The number of nitrogens with zero attached hydrogens (tertiary/aromatic N) is 3. The predicted molar refractivity (Wildman–Crippen MR) is 83.9 cm³/mol. The van der Waals surface area contributed by atoms with E-state index < -0.39 is 0 Å². The van der Waals surface area contributed by atoms with Gasteiger partial charge in [-0.25, -0.2) is 4.98 Å². The first kappa shape index (κ1) is 14.8. The van der Waals surface area contributed by atoms with Crippen LogP contribution in [0.5, 0.6) is 0 Å². The Labute approximate surface area is 129 Å². The van der Waals surface area contributed by atoms with E-state index in [9.17, 15) is 4.79 Å². The number of anilines is 1. The van der Waals surface area contributed by atoms with Gasteiger partial charge in [0.1, 0.15) is 0 Å². The maximum atomic E-state index is 11.2. The Kier molecular flexibility index (Phi) is 4.45. The number of hydrogen-bond donors (Lipinski definition) is 0. The summed E-state index contributed by atoms with van der Waals surface area (Å²) < 4.78 is 4.68. The summed E-state index contributed by atoms with van der Waals surface area (Å²) in [6, 6.07) is 1.42. The second-order valence-electron chi connectivity index (χ2n) is 5.98. The van der Waals surface area contributed by atoms with Crippen molar-refractivity contribution in [2.75, 3.05) is 32.1 Å². The minimum atomic E-state index is -0.168. The first-order valence-electron chi connectivity index (χ1n) is 7.65. The topological polar surface area (TPSA) is 45.7 Å². The molecule has 2 bridgehead atoms. The number of aryl methyl sites for hydroxylation is 1. The lowest BCUT2D eigenvalue weighted by Crippen LogP contribution is -2.36. The summed E-state index contributed by atoms with van der Waals surface area (Å²) >= 11 is 1.70. The fraction of sp³-hybridized carbons (Fsp3) is 0.733. The van der Waals surface area contributed by atoms with E-state index in [1.807, 2.05) is 0 Å². The molecule has 2 saturated heterocycles. The number of rotatable bonds is 4. The van der Waals surface area contributed by atoms with Crippen molar-refractivity contribution in [2.24, 2.45) is 0 Å². The third-order valence-electron chi connectivity index (χ3n) is 4.77. The van der Waals surface area contributed by atoms with Crippen LogP contribution in [0.15, 0.2) is 5.38 Å². The van der Waals surface area contributed by atoms with Crippen LogP contribution in [0.2, 0.25) is 0 Å². The molecule has 5 nitrogen and oxygen atoms in total. The van der Waals surface area contributed by atoms with Gasteiger partial charge in [-0.1, -0.05) is 0 Å². The largest absolute Gasteiger partial charge is 0.469 e. The summed E-state index contributed by atoms with van der Waals surface area (Å²) in [5, 5.41) is 3.18. The molecule has 0 saturated carbocycles. The van der Waals surface area contributed by atoms with Crippen molar-refractivity contribution >= 4 is 22.4 Å². The maximum Gasteiger partial charge on any atom is 0.305 e. The number of thiazole rings is 1. The molecule has 2 aliphatic heterocycles. The van der Waals surface area contributed by atoms with Gasteiger partial charge in [-0.3, -0.25) is 9.69 Å². The van der Waals surface area contributed by atoms with Gasteiger partial charge in [0.2, 0.25) is 0 Å². The molecule has 0 N–H and O–H groups in total. The lowest BCUT2D eigenvalue weighted by Gasteiger charge is -2.25. The van der Waals surface area contributed by atoms with Gasteiger partial charge < -0.3 is 9.64 Å². The highest BCUT2D eigenvalue weighted by Crippen LogP contribution is 2.31. The van der Waals surface area contributed by atoms with E-state index >= 15 is 0 Å². The molecule has 1 aromatic heterocycles. The molecule has 2 atom stereocenters. The van der Waals surface area contributed by atoms with Crippen molar-refractivity contribution in [3.05, 3.63) is 11.1 Å². The smallest absolute Gasteiger partial charge is 0.305 e. The second kappa shape index (κ2) is 6.32. The van der Waals surface area contributed by atoms with Gasteiger partial charge in [-0.2, -0.15) is 0 Å². The highest BCUT2D eigenvalue weighted by atomic mass is 32.1. The zero-order valence-electron chi connectivity index (χ0n) is 12.7. The summed E-state index contributed by atoms with van der Waals surface area (Å²) in [6.45, 7) is 2.17. The molecule has 0 aliphatic carbocycles. The van der Waals surface area contributed by atoms with Crippen LogP contribution >= 0.6 is 11.3 Å². The van der Waals surface area contributed by atoms with E-state index in [1.54, 1.807) is 11.3 Å². The minimum Gasteiger partial charge on any atom is -0.469 e. The van der Waals surface area contributed by atoms with Gasteiger partial charge in [0.15, 0.2) is 5.13 Å². The maximum absolute atomic E-state index is 11.2. The highest BCUT2D eigenvalue weighted by molar-refractivity contribution is 7.13. The molecule has 0 amide bonds. The van der Waals surface area contributed by atoms with Gasteiger partial charge in [0.05, 0.1) is 19.2 Å². The van der Waals surface area contributed by atoms with Gasteiger partial charge in [-0.15, -0.1) is 11.3 Å². The zero-order chi connectivity index (χ0) is 14.8. The minimum absolute atomic E-state index is 0.168. The number of likely N-dealkylation sites (N-methyl/N-ethyl adjacent to an activating group) is 1. The Morgan fingerprint density at radius 1 is 1.43 bits per heavy atom. The standard InChI is InChI=1S/C15H23N3O2S/c1-17-12-4-5-13(17)9-18(8-7-12)15-16-11(10-21-15)3-6-14(19)20-2/h10,12-13H,3-9H2,1-2H3. The first-order chi connectivity index (χ1) is 10.2. The molecule has 6 heteroatoms. The molecular weight excluding hydrogens is 286 g/mol. The Hall–Kier alpha value is -1.14. The second-order valence-corrected chi connectivity index (χ2v) is 6.82. The number of ether oxygens (including phenoxy) is 1. The molecule has 2 aliphatic rings. The van der Waals surface area contributed by atoms with Gasteiger partial charge >= 0.3 is 5.97 Å². The zero-order valence-corrected chi connectivity index (χ0v) is 13.6. The Morgan fingerprint density at radius 2 is 2.24 bits per heavy atom. The van der Waals surface area contributed by atoms with Crippen LogP contribution in [-0.4, -0.2) is 55.2 Å². The predicted octanol–water partition coefficient (Wildman–Crippen LogP) is 1.92. The lowest BCUT2D eigenvalue weighted by molar-refractivity contribution is -0.140. The molecule has 2 unspecified atom stereocenters. The van der Waals surface area contributed by atoms with Crippen LogP contribution in [0.25, 0.3) is 0 Å². The number of carbonyl (C=O) groups is 1. The van der Waals surface area contributed by atoms with E-state index in [1.165, 1.54) is 26.4 Å². The number of hydrogen-bond acceptors (Lipinski definition) is 6. The third-order valence-corrected chi connectivity index (χ3v) is 5.72. The van der Waals surface area contributed by atoms with Crippen LogP contribution in [-0.2, 0) is 16.0 Å². The van der Waals surface area contributed by atoms with E-state index in [0.717, 1.165) is 30.0 Å². The van der Waals surface area contributed by atoms with Gasteiger partial charge in [-0.05, 0) is 26.3 Å². The van der Waals surface area contributed by atoms with Crippen molar-refractivity contribution in [1.82, 2.24) is 9.88 Å². The lowest BCUT2D eigenvalue weighted by atomic mass is 10.1. The van der Waals surface area contributed by atoms with Crippen LogP contribution in [0.1, 0.15) is 31.4 Å². The number of carbonyl (C=O) groups excluding carboxylic acids is 1. The molecule has 2 fully saturated rings. The molecule has 0 spiro atoms. The first-order valence-corrected chi connectivity index (χ1v) is 8.53. The normalized spacial score (nSPS) is 25.9. The fourth-order valence-electron chi connectivity index (χ4n) is 3.37. The fourth-order valence-corrected chi connectivity index (χ4v) is 4.27. The Morgan fingerprint density at radius 3 is 3.05 bits per heavy atom. The van der Waals surface area contributed by atoms with E-state index in [-0.39, 0.29) is 5.97 Å². The van der Waals surface area contributed by atoms with E-state index in [4.69, 9.17) is 4.98 Å². The summed E-state index contributed by atoms with van der Waals surface area (Å²) in [7, 11) is 3.69. The third kappa shape index (κ3) is 3.21. The number of aromatic nitrogens is 1. The molecule has 116 valence electrons. The summed E-state index contributed by atoms with van der Waals surface area (Å²) in [5.74, 6) is -0.168. The van der Waals surface area contributed by atoms with Crippen LogP contribution < -0.4 is 4.90 Å². The van der Waals surface area contributed by atoms with Gasteiger partial charge in [0, 0.05) is 37.0 Å². The van der Waals surface area contributed by atoms with Crippen LogP contribution in [0.3, 0.4) is 0 Å². The molecule has 21 heavy (non-hydrogen) atoms. The quantitative estimate of drug-likeness (QED) is 0.795. The number of methoxy groups -OCH3 is 1. The van der Waals surface area contributed by atoms with Crippen molar-refractivity contribution in [2.45, 2.75) is 44.2 Å². The molecule has 0 radical (unpaired) electrons. The van der Waals surface area contributed by atoms with Gasteiger partial charge in [0.25, 0.3) is 0 Å². The van der Waals surface area contributed by atoms with Crippen molar-refractivity contribution in [3.63, 3.8) is 0 Å². The molecule has 3 rings (SSSR count). The van der Waals surface area contributed by atoms with Crippen LogP contribution in [0, 0.1) is 0 Å².